The SMILES string of the molecule is Cc1cc(N)c(NC(=O)c2cccc(N(C)C)c2)cc1C. The van der Waals surface area contributed by atoms with Crippen molar-refractivity contribution in [2.75, 3.05) is 30.0 Å². The molecule has 4 heteroatoms. The minimum Gasteiger partial charge on any atom is -0.397 e. The number of carbonyl (C=O) groups excluding carboxylic acids is 1. The molecule has 1 amide bonds. The lowest BCUT2D eigenvalue weighted by atomic mass is 10.1. The molecule has 4 nitrogen and oxygen atoms in total. The van der Waals surface area contributed by atoms with Crippen LogP contribution in [0.4, 0.5) is 17.1 Å². The molecule has 0 fully saturated rings. The molecule has 2 aromatic carbocycles. The summed E-state index contributed by atoms with van der Waals surface area (Å²) in [5.41, 5.74) is 11.0. The molecule has 2 aromatic rings. The minimum atomic E-state index is -0.159. The number of nitrogen functional groups attached to an aromatic ring is 1. The van der Waals surface area contributed by atoms with Gasteiger partial charge >= 0.3 is 0 Å². The fourth-order valence-electron chi connectivity index (χ4n) is 2.07. The second-order valence-electron chi connectivity index (χ2n) is 5.42. The van der Waals surface area contributed by atoms with Gasteiger partial charge in [0.1, 0.15) is 0 Å². The number of aryl methyl sites for hydroxylation is 2. The lowest BCUT2D eigenvalue weighted by molar-refractivity contribution is 0.102. The van der Waals surface area contributed by atoms with Crippen LogP contribution in [-0.2, 0) is 0 Å². The third-order valence-corrected chi connectivity index (χ3v) is 3.54. The highest BCUT2D eigenvalue weighted by Gasteiger charge is 2.10. The van der Waals surface area contributed by atoms with Crippen molar-refractivity contribution >= 4 is 23.0 Å². The highest BCUT2D eigenvalue weighted by Crippen LogP contribution is 2.24. The fraction of sp³-hybridized carbons (Fsp3) is 0.235. The van der Waals surface area contributed by atoms with Crippen LogP contribution in [0.1, 0.15) is 21.5 Å². The van der Waals surface area contributed by atoms with Crippen LogP contribution in [0.25, 0.3) is 0 Å². The number of amides is 1. The molecule has 0 saturated heterocycles. The lowest BCUT2D eigenvalue weighted by Crippen LogP contribution is -2.15. The predicted octanol–water partition coefficient (Wildman–Crippen LogP) is 3.20. The van der Waals surface area contributed by atoms with E-state index >= 15 is 0 Å². The lowest BCUT2D eigenvalue weighted by Gasteiger charge is -2.14. The van der Waals surface area contributed by atoms with Gasteiger partial charge in [-0.3, -0.25) is 4.79 Å². The maximum Gasteiger partial charge on any atom is 0.255 e. The molecular weight excluding hydrogens is 262 g/mol. The second-order valence-corrected chi connectivity index (χ2v) is 5.42. The van der Waals surface area contributed by atoms with Gasteiger partial charge in [-0.1, -0.05) is 6.07 Å². The highest BCUT2D eigenvalue weighted by molar-refractivity contribution is 6.06. The minimum absolute atomic E-state index is 0.159. The van der Waals surface area contributed by atoms with Crippen LogP contribution in [0.5, 0.6) is 0 Å². The molecule has 0 radical (unpaired) electrons. The number of carbonyl (C=O) groups is 1. The monoisotopic (exact) mass is 283 g/mol. The van der Waals surface area contributed by atoms with Gasteiger partial charge < -0.3 is 16.0 Å². The Morgan fingerprint density at radius 2 is 1.76 bits per heavy atom. The third kappa shape index (κ3) is 3.34. The Kier molecular flexibility index (Phi) is 4.17. The number of hydrogen-bond acceptors (Lipinski definition) is 3. The summed E-state index contributed by atoms with van der Waals surface area (Å²) in [6.07, 6.45) is 0. The Morgan fingerprint density at radius 1 is 1.10 bits per heavy atom. The number of nitrogens with two attached hydrogens (primary N) is 1. The molecule has 0 aromatic heterocycles. The van der Waals surface area contributed by atoms with E-state index in [0.717, 1.165) is 16.8 Å². The van der Waals surface area contributed by atoms with E-state index in [4.69, 9.17) is 5.73 Å². The van der Waals surface area contributed by atoms with E-state index in [2.05, 4.69) is 5.32 Å². The first-order valence-electron chi connectivity index (χ1n) is 6.84. The summed E-state index contributed by atoms with van der Waals surface area (Å²) in [6, 6.07) is 11.3. The Hall–Kier alpha value is -2.49. The van der Waals surface area contributed by atoms with Gasteiger partial charge in [0.15, 0.2) is 0 Å². The molecule has 21 heavy (non-hydrogen) atoms. The van der Waals surface area contributed by atoms with Crippen LogP contribution in [0.2, 0.25) is 0 Å². The Morgan fingerprint density at radius 3 is 2.43 bits per heavy atom. The summed E-state index contributed by atoms with van der Waals surface area (Å²) in [4.78, 5) is 14.3. The van der Waals surface area contributed by atoms with E-state index in [9.17, 15) is 4.79 Å². The van der Waals surface area contributed by atoms with E-state index in [1.807, 2.05) is 63.2 Å². The number of nitrogens with zero attached hydrogens (tertiary/aromatic N) is 1. The quantitative estimate of drug-likeness (QED) is 0.850. The molecular formula is C17H21N3O. The van der Waals surface area contributed by atoms with E-state index in [1.54, 1.807) is 6.07 Å². The van der Waals surface area contributed by atoms with E-state index in [0.29, 0.717) is 16.9 Å². The number of benzene rings is 2. The third-order valence-electron chi connectivity index (χ3n) is 3.54. The van der Waals surface area contributed by atoms with Crippen molar-refractivity contribution in [3.05, 3.63) is 53.1 Å². The van der Waals surface area contributed by atoms with Gasteiger partial charge in [-0.25, -0.2) is 0 Å². The zero-order valence-corrected chi connectivity index (χ0v) is 12.9. The molecule has 0 atom stereocenters. The molecule has 0 saturated carbocycles. The molecule has 0 heterocycles. The summed E-state index contributed by atoms with van der Waals surface area (Å²) >= 11 is 0. The van der Waals surface area contributed by atoms with Crippen molar-refractivity contribution in [2.45, 2.75) is 13.8 Å². The average Bonchev–Trinajstić information content (AvgIpc) is 2.44. The highest BCUT2D eigenvalue weighted by atomic mass is 16.1. The predicted molar refractivity (Wildman–Crippen MR) is 89.1 cm³/mol. The Labute approximate surface area is 125 Å². The van der Waals surface area contributed by atoms with Crippen LogP contribution in [0.3, 0.4) is 0 Å². The maximum absolute atomic E-state index is 12.4. The van der Waals surface area contributed by atoms with Gasteiger partial charge in [-0.05, 0) is 55.3 Å². The fourth-order valence-corrected chi connectivity index (χ4v) is 2.07. The molecule has 0 aliphatic carbocycles. The summed E-state index contributed by atoms with van der Waals surface area (Å²) in [5, 5.41) is 2.88. The number of hydrogen-bond donors (Lipinski definition) is 2. The van der Waals surface area contributed by atoms with Crippen molar-refractivity contribution in [1.29, 1.82) is 0 Å². The van der Waals surface area contributed by atoms with Gasteiger partial charge in [0, 0.05) is 25.3 Å². The second kappa shape index (κ2) is 5.87. The average molecular weight is 283 g/mol. The first-order valence-corrected chi connectivity index (χ1v) is 6.84. The molecule has 2 rings (SSSR count). The summed E-state index contributed by atoms with van der Waals surface area (Å²) < 4.78 is 0. The largest absolute Gasteiger partial charge is 0.397 e. The van der Waals surface area contributed by atoms with Crippen LogP contribution in [0.15, 0.2) is 36.4 Å². The van der Waals surface area contributed by atoms with Gasteiger partial charge in [0.05, 0.1) is 11.4 Å². The van der Waals surface area contributed by atoms with Gasteiger partial charge in [-0.2, -0.15) is 0 Å². The van der Waals surface area contributed by atoms with Crippen molar-refractivity contribution in [3.8, 4) is 0 Å². The zero-order chi connectivity index (χ0) is 15.6. The Bertz CT molecular complexity index is 678. The van der Waals surface area contributed by atoms with Crippen molar-refractivity contribution < 1.29 is 4.79 Å². The van der Waals surface area contributed by atoms with Gasteiger partial charge in [0.2, 0.25) is 0 Å². The van der Waals surface area contributed by atoms with Crippen molar-refractivity contribution in [1.82, 2.24) is 0 Å². The smallest absolute Gasteiger partial charge is 0.255 e. The maximum atomic E-state index is 12.4. The summed E-state index contributed by atoms with van der Waals surface area (Å²) in [5.74, 6) is -0.159. The topological polar surface area (TPSA) is 58.4 Å². The van der Waals surface area contributed by atoms with Gasteiger partial charge in [0.25, 0.3) is 5.91 Å². The molecule has 0 bridgehead atoms. The van der Waals surface area contributed by atoms with Crippen molar-refractivity contribution in [3.63, 3.8) is 0 Å². The van der Waals surface area contributed by atoms with Crippen LogP contribution >= 0.6 is 0 Å². The number of nitrogens with one attached hydrogen (secondary N) is 1. The van der Waals surface area contributed by atoms with Crippen LogP contribution in [0, 0.1) is 13.8 Å². The number of anilines is 3. The van der Waals surface area contributed by atoms with Crippen LogP contribution < -0.4 is 16.0 Å². The summed E-state index contributed by atoms with van der Waals surface area (Å²) in [6.45, 7) is 3.99. The van der Waals surface area contributed by atoms with E-state index < -0.39 is 0 Å². The van der Waals surface area contributed by atoms with Crippen LogP contribution in [-0.4, -0.2) is 20.0 Å². The Balaban J connectivity index is 2.26. The normalized spacial score (nSPS) is 10.3. The first-order chi connectivity index (χ1) is 9.88. The van der Waals surface area contributed by atoms with E-state index in [1.165, 1.54) is 0 Å². The number of rotatable bonds is 3. The molecule has 3 N–H and O–H groups in total. The standard InChI is InChI=1S/C17H21N3O/c1-11-8-15(18)16(9-12(11)2)19-17(21)13-6-5-7-14(10-13)20(3)4/h5-10H,18H2,1-4H3,(H,19,21). The van der Waals surface area contributed by atoms with Crippen molar-refractivity contribution in [2.24, 2.45) is 0 Å². The molecule has 0 aliphatic heterocycles. The summed E-state index contributed by atoms with van der Waals surface area (Å²) in [7, 11) is 3.89. The first kappa shape index (κ1) is 14.9. The molecule has 0 spiro atoms. The zero-order valence-electron chi connectivity index (χ0n) is 12.9. The van der Waals surface area contributed by atoms with E-state index in [-0.39, 0.29) is 5.91 Å². The molecule has 110 valence electrons. The van der Waals surface area contributed by atoms with Gasteiger partial charge in [-0.15, -0.1) is 0 Å². The molecule has 0 unspecified atom stereocenters. The molecule has 0 aliphatic rings.